The summed E-state index contributed by atoms with van der Waals surface area (Å²) in [6.45, 7) is 1.68. The molecular weight excluding hydrogens is 292 g/mol. The molecule has 0 heterocycles. The zero-order valence-electron chi connectivity index (χ0n) is 13.2. The first-order valence-corrected chi connectivity index (χ1v) is 7.55. The van der Waals surface area contributed by atoms with Gasteiger partial charge >= 0.3 is 0 Å². The standard InChI is InChI=1S/C18H22N2O3/c1-22-12-11-19-18(21)13-20-16-9-5-6-10-17(16)23-14-15-7-3-2-4-8-15/h2-10,20H,11-14H2,1H3,(H,19,21). The number of rotatable bonds is 9. The van der Waals surface area contributed by atoms with Gasteiger partial charge in [-0.1, -0.05) is 42.5 Å². The molecule has 0 fully saturated rings. The van der Waals surface area contributed by atoms with E-state index in [4.69, 9.17) is 9.47 Å². The Morgan fingerprint density at radius 3 is 2.57 bits per heavy atom. The molecule has 0 bridgehead atoms. The van der Waals surface area contributed by atoms with E-state index >= 15 is 0 Å². The molecule has 1 amide bonds. The SMILES string of the molecule is COCCNC(=O)CNc1ccccc1OCc1ccccc1. The van der Waals surface area contributed by atoms with Crippen LogP contribution in [0.3, 0.4) is 0 Å². The molecule has 0 aliphatic carbocycles. The maximum absolute atomic E-state index is 11.7. The smallest absolute Gasteiger partial charge is 0.239 e. The molecule has 0 atom stereocenters. The summed E-state index contributed by atoms with van der Waals surface area (Å²) in [5, 5.41) is 5.86. The van der Waals surface area contributed by atoms with Crippen LogP contribution in [0.5, 0.6) is 5.75 Å². The number of anilines is 1. The number of para-hydroxylation sites is 2. The molecule has 0 saturated carbocycles. The van der Waals surface area contributed by atoms with Crippen molar-refractivity contribution in [3.8, 4) is 5.75 Å². The third kappa shape index (κ3) is 6.00. The van der Waals surface area contributed by atoms with Gasteiger partial charge in [-0.25, -0.2) is 0 Å². The van der Waals surface area contributed by atoms with Crippen LogP contribution in [0.2, 0.25) is 0 Å². The Labute approximate surface area is 136 Å². The summed E-state index contributed by atoms with van der Waals surface area (Å²) >= 11 is 0. The first kappa shape index (κ1) is 16.8. The molecule has 23 heavy (non-hydrogen) atoms. The Balaban J connectivity index is 1.86. The van der Waals surface area contributed by atoms with Gasteiger partial charge in [0.25, 0.3) is 0 Å². The van der Waals surface area contributed by atoms with Gasteiger partial charge < -0.3 is 20.1 Å². The highest BCUT2D eigenvalue weighted by molar-refractivity contribution is 5.81. The van der Waals surface area contributed by atoms with Crippen molar-refractivity contribution in [2.24, 2.45) is 0 Å². The number of hydrogen-bond donors (Lipinski definition) is 2. The van der Waals surface area contributed by atoms with E-state index in [2.05, 4.69) is 10.6 Å². The number of methoxy groups -OCH3 is 1. The summed E-state index contributed by atoms with van der Waals surface area (Å²) in [4.78, 5) is 11.7. The Morgan fingerprint density at radius 2 is 1.78 bits per heavy atom. The van der Waals surface area contributed by atoms with Crippen LogP contribution in [-0.2, 0) is 16.1 Å². The van der Waals surface area contributed by atoms with E-state index in [1.54, 1.807) is 7.11 Å². The first-order valence-electron chi connectivity index (χ1n) is 7.55. The number of hydrogen-bond acceptors (Lipinski definition) is 4. The van der Waals surface area contributed by atoms with Crippen LogP contribution in [0.1, 0.15) is 5.56 Å². The fourth-order valence-corrected chi connectivity index (χ4v) is 2.00. The number of ether oxygens (including phenoxy) is 2. The highest BCUT2D eigenvalue weighted by Crippen LogP contribution is 2.24. The molecule has 0 aliphatic rings. The third-order valence-corrected chi connectivity index (χ3v) is 3.19. The van der Waals surface area contributed by atoms with Crippen molar-refractivity contribution in [2.75, 3.05) is 32.1 Å². The van der Waals surface area contributed by atoms with Crippen molar-refractivity contribution >= 4 is 11.6 Å². The van der Waals surface area contributed by atoms with Crippen LogP contribution in [0.4, 0.5) is 5.69 Å². The van der Waals surface area contributed by atoms with Gasteiger partial charge in [0.05, 0.1) is 18.8 Å². The average molecular weight is 314 g/mol. The first-order chi connectivity index (χ1) is 11.3. The summed E-state index contributed by atoms with van der Waals surface area (Å²) in [6.07, 6.45) is 0. The largest absolute Gasteiger partial charge is 0.487 e. The van der Waals surface area contributed by atoms with E-state index in [1.807, 2.05) is 54.6 Å². The van der Waals surface area contributed by atoms with Gasteiger partial charge in [0.15, 0.2) is 0 Å². The van der Waals surface area contributed by atoms with E-state index in [0.717, 1.165) is 17.0 Å². The molecule has 2 N–H and O–H groups in total. The van der Waals surface area contributed by atoms with Crippen molar-refractivity contribution in [3.05, 3.63) is 60.2 Å². The van der Waals surface area contributed by atoms with Gasteiger partial charge in [-0.15, -0.1) is 0 Å². The topological polar surface area (TPSA) is 59.6 Å². The predicted molar refractivity (Wildman–Crippen MR) is 90.6 cm³/mol. The number of benzene rings is 2. The zero-order chi connectivity index (χ0) is 16.3. The number of carbonyl (C=O) groups excluding carboxylic acids is 1. The fourth-order valence-electron chi connectivity index (χ4n) is 2.00. The third-order valence-electron chi connectivity index (χ3n) is 3.19. The van der Waals surface area contributed by atoms with Crippen molar-refractivity contribution in [3.63, 3.8) is 0 Å². The summed E-state index contributed by atoms with van der Waals surface area (Å²) in [7, 11) is 1.60. The monoisotopic (exact) mass is 314 g/mol. The highest BCUT2D eigenvalue weighted by atomic mass is 16.5. The lowest BCUT2D eigenvalue weighted by Crippen LogP contribution is -2.32. The maximum atomic E-state index is 11.7. The van der Waals surface area contributed by atoms with Crippen LogP contribution in [0.25, 0.3) is 0 Å². The molecule has 2 rings (SSSR count). The Kier molecular flexibility index (Phi) is 6.94. The molecule has 2 aromatic rings. The van der Waals surface area contributed by atoms with E-state index < -0.39 is 0 Å². The van der Waals surface area contributed by atoms with E-state index in [9.17, 15) is 4.79 Å². The Bertz CT molecular complexity index is 602. The number of amides is 1. The van der Waals surface area contributed by atoms with Crippen molar-refractivity contribution in [1.29, 1.82) is 0 Å². The number of carbonyl (C=O) groups is 1. The lowest BCUT2D eigenvalue weighted by Gasteiger charge is -2.13. The van der Waals surface area contributed by atoms with Gasteiger partial charge in [-0.05, 0) is 17.7 Å². The van der Waals surface area contributed by atoms with E-state index in [-0.39, 0.29) is 12.5 Å². The second-order valence-corrected chi connectivity index (χ2v) is 4.97. The maximum Gasteiger partial charge on any atom is 0.239 e. The molecular formula is C18H22N2O3. The second kappa shape index (κ2) is 9.48. The average Bonchev–Trinajstić information content (AvgIpc) is 2.60. The highest BCUT2D eigenvalue weighted by Gasteiger charge is 2.05. The molecule has 5 heteroatoms. The minimum absolute atomic E-state index is 0.0834. The van der Waals surface area contributed by atoms with Crippen molar-refractivity contribution in [1.82, 2.24) is 5.32 Å². The summed E-state index contributed by atoms with van der Waals surface area (Å²) in [5.74, 6) is 0.640. The van der Waals surface area contributed by atoms with Gasteiger partial charge in [0.1, 0.15) is 12.4 Å². The fraction of sp³-hybridized carbons (Fsp3) is 0.278. The summed E-state index contributed by atoms with van der Waals surface area (Å²) < 4.78 is 10.7. The predicted octanol–water partition coefficient (Wildman–Crippen LogP) is 2.44. The quantitative estimate of drug-likeness (QED) is 0.698. The van der Waals surface area contributed by atoms with Gasteiger partial charge in [0, 0.05) is 13.7 Å². The van der Waals surface area contributed by atoms with Crippen LogP contribution in [0.15, 0.2) is 54.6 Å². The van der Waals surface area contributed by atoms with Gasteiger partial charge in [-0.3, -0.25) is 4.79 Å². The van der Waals surface area contributed by atoms with E-state index in [1.165, 1.54) is 0 Å². The molecule has 0 radical (unpaired) electrons. The van der Waals surface area contributed by atoms with Gasteiger partial charge in [0.2, 0.25) is 5.91 Å². The van der Waals surface area contributed by atoms with Gasteiger partial charge in [-0.2, -0.15) is 0 Å². The van der Waals surface area contributed by atoms with Crippen LogP contribution in [-0.4, -0.2) is 32.7 Å². The summed E-state index contributed by atoms with van der Waals surface area (Å²) in [6, 6.07) is 17.5. The second-order valence-electron chi connectivity index (χ2n) is 4.97. The Morgan fingerprint density at radius 1 is 1.04 bits per heavy atom. The molecule has 0 saturated heterocycles. The van der Waals surface area contributed by atoms with Crippen LogP contribution < -0.4 is 15.4 Å². The normalized spacial score (nSPS) is 10.1. The molecule has 0 unspecified atom stereocenters. The minimum atomic E-state index is -0.0834. The molecule has 0 aromatic heterocycles. The molecule has 122 valence electrons. The van der Waals surface area contributed by atoms with Crippen molar-refractivity contribution < 1.29 is 14.3 Å². The lowest BCUT2D eigenvalue weighted by molar-refractivity contribution is -0.119. The minimum Gasteiger partial charge on any atom is -0.487 e. The van der Waals surface area contributed by atoms with Crippen LogP contribution in [0, 0.1) is 0 Å². The zero-order valence-corrected chi connectivity index (χ0v) is 13.2. The molecule has 2 aromatic carbocycles. The molecule has 0 spiro atoms. The van der Waals surface area contributed by atoms with Crippen LogP contribution >= 0.6 is 0 Å². The van der Waals surface area contributed by atoms with E-state index in [0.29, 0.717) is 19.8 Å². The number of nitrogens with one attached hydrogen (secondary N) is 2. The molecule has 5 nitrogen and oxygen atoms in total. The lowest BCUT2D eigenvalue weighted by atomic mass is 10.2. The Hall–Kier alpha value is -2.53. The molecule has 0 aliphatic heterocycles. The summed E-state index contributed by atoms with van der Waals surface area (Å²) in [5.41, 5.74) is 1.89. The van der Waals surface area contributed by atoms with Crippen molar-refractivity contribution in [2.45, 2.75) is 6.61 Å².